The molecule has 4 N–H and O–H groups in total. The first-order valence-corrected chi connectivity index (χ1v) is 7.95. The first-order valence-electron chi connectivity index (χ1n) is 7.16. The second-order valence-corrected chi connectivity index (χ2v) is 6.15. The molecule has 1 aliphatic heterocycles. The molecule has 0 saturated heterocycles. The number of amidine groups is 1. The van der Waals surface area contributed by atoms with Crippen molar-refractivity contribution in [1.82, 2.24) is 0 Å². The summed E-state index contributed by atoms with van der Waals surface area (Å²) >= 11 is 3.24. The third-order valence-corrected chi connectivity index (χ3v) is 3.92. The molecule has 0 aromatic heterocycles. The quantitative estimate of drug-likeness (QED) is 0.731. The van der Waals surface area contributed by atoms with E-state index in [1.54, 1.807) is 18.3 Å². The van der Waals surface area contributed by atoms with Crippen LogP contribution in [0.3, 0.4) is 0 Å². The van der Waals surface area contributed by atoms with Crippen molar-refractivity contribution in [3.63, 3.8) is 0 Å². The van der Waals surface area contributed by atoms with Gasteiger partial charge in [0.25, 0.3) is 0 Å². The maximum atomic E-state index is 13.7. The number of aliphatic imine (C=N–C) groups is 1. The highest BCUT2D eigenvalue weighted by molar-refractivity contribution is 9.10. The van der Waals surface area contributed by atoms with Gasteiger partial charge in [-0.25, -0.2) is 14.2 Å². The summed E-state index contributed by atoms with van der Waals surface area (Å²) in [4.78, 5) is 16.1. The van der Waals surface area contributed by atoms with Crippen molar-refractivity contribution in [3.05, 3.63) is 64.5 Å². The van der Waals surface area contributed by atoms with Crippen molar-refractivity contribution in [2.24, 2.45) is 10.7 Å². The van der Waals surface area contributed by atoms with Gasteiger partial charge in [-0.2, -0.15) is 0 Å². The highest BCUT2D eigenvalue weighted by atomic mass is 79.9. The van der Waals surface area contributed by atoms with Crippen molar-refractivity contribution in [2.75, 3.05) is 10.6 Å². The zero-order chi connectivity index (χ0) is 17.1. The molecular formula is C17H14BrFN4O. The summed E-state index contributed by atoms with van der Waals surface area (Å²) < 4.78 is 14.4. The zero-order valence-electron chi connectivity index (χ0n) is 12.5. The Morgan fingerprint density at radius 2 is 2.04 bits per heavy atom. The van der Waals surface area contributed by atoms with Gasteiger partial charge in [-0.15, -0.1) is 0 Å². The smallest absolute Gasteiger partial charge is 0.323 e. The fourth-order valence-electron chi connectivity index (χ4n) is 2.30. The number of benzene rings is 2. The number of hydrogen-bond donors (Lipinski definition) is 3. The molecule has 0 unspecified atom stereocenters. The van der Waals surface area contributed by atoms with Gasteiger partial charge < -0.3 is 16.4 Å². The molecular weight excluding hydrogens is 375 g/mol. The summed E-state index contributed by atoms with van der Waals surface area (Å²) in [5.41, 5.74) is 8.26. The van der Waals surface area contributed by atoms with E-state index in [1.807, 2.05) is 18.2 Å². The molecule has 0 bridgehead atoms. The van der Waals surface area contributed by atoms with E-state index in [-0.39, 0.29) is 5.69 Å². The van der Waals surface area contributed by atoms with Gasteiger partial charge >= 0.3 is 6.03 Å². The van der Waals surface area contributed by atoms with Crippen LogP contribution in [-0.2, 0) is 0 Å². The molecule has 0 radical (unpaired) electrons. The lowest BCUT2D eigenvalue weighted by molar-refractivity contribution is 0.262. The number of nitrogens with one attached hydrogen (secondary N) is 2. The average Bonchev–Trinajstić information content (AvgIpc) is 2.98. The molecule has 0 saturated carbocycles. The largest absolute Gasteiger partial charge is 0.387 e. The molecule has 5 nitrogen and oxygen atoms in total. The van der Waals surface area contributed by atoms with Crippen LogP contribution in [0.2, 0.25) is 0 Å². The van der Waals surface area contributed by atoms with Crippen LogP contribution in [0.4, 0.5) is 20.6 Å². The molecule has 0 fully saturated rings. The third kappa shape index (κ3) is 3.80. The SMILES string of the molecule is NC1=NC=C(c2cccc(NC(=O)Nc3cc(Br)ccc3F)c2)C1. The Hall–Kier alpha value is -2.67. The molecule has 7 heteroatoms. The van der Waals surface area contributed by atoms with E-state index in [2.05, 4.69) is 31.6 Å². The maximum Gasteiger partial charge on any atom is 0.323 e. The molecule has 3 rings (SSSR count). The van der Waals surface area contributed by atoms with E-state index >= 15 is 0 Å². The maximum absolute atomic E-state index is 13.7. The van der Waals surface area contributed by atoms with Gasteiger partial charge in [0.15, 0.2) is 0 Å². The Morgan fingerprint density at radius 3 is 2.79 bits per heavy atom. The van der Waals surface area contributed by atoms with E-state index in [0.29, 0.717) is 22.4 Å². The lowest BCUT2D eigenvalue weighted by Crippen LogP contribution is -2.20. The minimum Gasteiger partial charge on any atom is -0.387 e. The van der Waals surface area contributed by atoms with Crippen LogP contribution in [-0.4, -0.2) is 11.9 Å². The second kappa shape index (κ2) is 6.84. The average molecular weight is 389 g/mol. The van der Waals surface area contributed by atoms with Gasteiger partial charge in [-0.1, -0.05) is 28.1 Å². The molecule has 24 heavy (non-hydrogen) atoms. The molecule has 0 spiro atoms. The predicted octanol–water partition coefficient (Wildman–Crippen LogP) is 4.33. The van der Waals surface area contributed by atoms with Crippen molar-refractivity contribution >= 4 is 44.7 Å². The second-order valence-electron chi connectivity index (χ2n) is 5.24. The fraction of sp³-hybridized carbons (Fsp3) is 0.0588. The van der Waals surface area contributed by atoms with Crippen molar-refractivity contribution < 1.29 is 9.18 Å². The Kier molecular flexibility index (Phi) is 4.61. The normalized spacial score (nSPS) is 13.2. The summed E-state index contributed by atoms with van der Waals surface area (Å²) in [6.45, 7) is 0. The fourth-order valence-corrected chi connectivity index (χ4v) is 2.66. The standard InChI is InChI=1S/C17H14BrFN4O/c18-12-4-5-14(19)15(8-12)23-17(24)22-13-3-1-2-10(6-13)11-7-16(20)21-9-11/h1-6,8-9H,7H2,(H2,20,21)(H2,22,23,24). The molecule has 122 valence electrons. The lowest BCUT2D eigenvalue weighted by Gasteiger charge is -2.10. The first kappa shape index (κ1) is 16.2. The number of urea groups is 1. The molecule has 0 aliphatic carbocycles. The van der Waals surface area contributed by atoms with Crippen LogP contribution in [0.15, 0.2) is 58.1 Å². The number of halogens is 2. The number of carbonyl (C=O) groups excluding carboxylic acids is 1. The molecule has 2 aromatic carbocycles. The molecule has 2 amide bonds. The van der Waals surface area contributed by atoms with Crippen LogP contribution in [0, 0.1) is 5.82 Å². The van der Waals surface area contributed by atoms with E-state index in [0.717, 1.165) is 11.1 Å². The highest BCUT2D eigenvalue weighted by Gasteiger charge is 2.11. The van der Waals surface area contributed by atoms with Gasteiger partial charge in [0.2, 0.25) is 0 Å². The Bertz CT molecular complexity index is 863. The minimum atomic E-state index is -0.527. The number of rotatable bonds is 3. The van der Waals surface area contributed by atoms with Crippen molar-refractivity contribution in [2.45, 2.75) is 6.42 Å². The van der Waals surface area contributed by atoms with Gasteiger partial charge in [0, 0.05) is 22.8 Å². The number of nitrogens with zero attached hydrogens (tertiary/aromatic N) is 1. The third-order valence-electron chi connectivity index (χ3n) is 3.43. The summed E-state index contributed by atoms with van der Waals surface area (Å²) in [6, 6.07) is 11.1. The Morgan fingerprint density at radius 1 is 1.21 bits per heavy atom. The van der Waals surface area contributed by atoms with Crippen LogP contribution in [0.25, 0.3) is 5.57 Å². The molecule has 0 atom stereocenters. The summed E-state index contributed by atoms with van der Waals surface area (Å²) in [6.07, 6.45) is 2.30. The van der Waals surface area contributed by atoms with Crippen LogP contribution in [0.1, 0.15) is 12.0 Å². The zero-order valence-corrected chi connectivity index (χ0v) is 14.1. The van der Waals surface area contributed by atoms with Crippen molar-refractivity contribution in [3.8, 4) is 0 Å². The van der Waals surface area contributed by atoms with Gasteiger partial charge in [0.1, 0.15) is 11.7 Å². The van der Waals surface area contributed by atoms with Crippen LogP contribution >= 0.6 is 15.9 Å². The summed E-state index contributed by atoms with van der Waals surface area (Å²) in [5, 5.41) is 5.17. The highest BCUT2D eigenvalue weighted by Crippen LogP contribution is 2.25. The van der Waals surface area contributed by atoms with Gasteiger partial charge in [-0.05, 0) is 41.5 Å². The number of nitrogens with two attached hydrogens (primary N) is 1. The van der Waals surface area contributed by atoms with E-state index in [1.165, 1.54) is 12.1 Å². The van der Waals surface area contributed by atoms with E-state index in [4.69, 9.17) is 5.73 Å². The van der Waals surface area contributed by atoms with Gasteiger partial charge in [-0.3, -0.25) is 0 Å². The number of anilines is 2. The first-order chi connectivity index (χ1) is 11.5. The monoisotopic (exact) mass is 388 g/mol. The number of carbonyl (C=O) groups is 1. The summed E-state index contributed by atoms with van der Waals surface area (Å²) in [5.74, 6) is 0.0528. The topological polar surface area (TPSA) is 79.5 Å². The predicted molar refractivity (Wildman–Crippen MR) is 97.4 cm³/mol. The summed E-state index contributed by atoms with van der Waals surface area (Å²) in [7, 11) is 0. The van der Waals surface area contributed by atoms with Crippen LogP contribution < -0.4 is 16.4 Å². The molecule has 2 aromatic rings. The van der Waals surface area contributed by atoms with Crippen LogP contribution in [0.5, 0.6) is 0 Å². The van der Waals surface area contributed by atoms with Crippen molar-refractivity contribution in [1.29, 1.82) is 0 Å². The van der Waals surface area contributed by atoms with E-state index in [9.17, 15) is 9.18 Å². The Balaban J connectivity index is 1.70. The lowest BCUT2D eigenvalue weighted by atomic mass is 10.0. The Labute approximate surface area is 146 Å². The minimum absolute atomic E-state index is 0.0951. The molecule has 1 aliphatic rings. The molecule has 1 heterocycles. The van der Waals surface area contributed by atoms with Gasteiger partial charge in [0.05, 0.1) is 5.69 Å². The number of amides is 2. The number of hydrogen-bond acceptors (Lipinski definition) is 3. The van der Waals surface area contributed by atoms with E-state index < -0.39 is 11.8 Å².